The zero-order valence-corrected chi connectivity index (χ0v) is 23.1. The summed E-state index contributed by atoms with van der Waals surface area (Å²) >= 11 is 6.65. The molecule has 6 rings (SSSR count). The van der Waals surface area contributed by atoms with E-state index < -0.39 is 12.1 Å². The first-order valence-electron chi connectivity index (χ1n) is 13.7. The van der Waals surface area contributed by atoms with Crippen molar-refractivity contribution < 1.29 is 14.6 Å². The molecule has 0 unspecified atom stereocenters. The highest BCUT2D eigenvalue weighted by Crippen LogP contribution is 2.37. The van der Waals surface area contributed by atoms with Gasteiger partial charge in [0, 0.05) is 55.9 Å². The Bertz CT molecular complexity index is 1470. The van der Waals surface area contributed by atoms with Crippen molar-refractivity contribution in [3.8, 4) is 12.1 Å². The van der Waals surface area contributed by atoms with E-state index in [0.29, 0.717) is 24.5 Å². The van der Waals surface area contributed by atoms with E-state index in [1.807, 2.05) is 18.2 Å². The van der Waals surface area contributed by atoms with Crippen LogP contribution in [0.5, 0.6) is 6.01 Å². The number of aromatic nitrogens is 2. The second kappa shape index (κ2) is 11.1. The fourth-order valence-corrected chi connectivity index (χ4v) is 6.29. The second-order valence-corrected chi connectivity index (χ2v) is 11.1. The number of amides is 1. The Morgan fingerprint density at radius 3 is 2.80 bits per heavy atom. The molecular weight excluding hydrogens is 530 g/mol. The molecule has 2 fully saturated rings. The molecule has 0 spiro atoms. The number of likely N-dealkylation sites (tertiary alicyclic amines) is 1. The molecule has 3 atom stereocenters. The summed E-state index contributed by atoms with van der Waals surface area (Å²) in [5, 5.41) is 25.9. The molecule has 3 aromatic rings. The number of ether oxygens (including phenoxy) is 1. The van der Waals surface area contributed by atoms with Crippen LogP contribution in [0.25, 0.3) is 10.8 Å². The van der Waals surface area contributed by atoms with Crippen LogP contribution in [-0.2, 0) is 17.8 Å². The quantitative estimate of drug-likeness (QED) is 0.468. The average Bonchev–Trinajstić information content (AvgIpc) is 3.21. The van der Waals surface area contributed by atoms with Gasteiger partial charge in [-0.25, -0.2) is 0 Å². The van der Waals surface area contributed by atoms with Crippen LogP contribution >= 0.6 is 11.6 Å². The molecule has 40 heavy (non-hydrogen) atoms. The Labute approximate surface area is 238 Å². The summed E-state index contributed by atoms with van der Waals surface area (Å²) in [6.45, 7) is 3.61. The lowest BCUT2D eigenvalue weighted by atomic mass is 10.0. The Balaban J connectivity index is 1.34. The van der Waals surface area contributed by atoms with E-state index in [0.717, 1.165) is 59.6 Å². The minimum Gasteiger partial charge on any atom is -0.461 e. The lowest BCUT2D eigenvalue weighted by Gasteiger charge is -2.37. The summed E-state index contributed by atoms with van der Waals surface area (Å²) in [5.74, 6) is 0.721. The molecule has 0 bridgehead atoms. The molecule has 2 aromatic carbocycles. The van der Waals surface area contributed by atoms with Gasteiger partial charge in [-0.3, -0.25) is 4.79 Å². The molecule has 2 saturated heterocycles. The van der Waals surface area contributed by atoms with Gasteiger partial charge in [0.15, 0.2) is 0 Å². The molecule has 4 heterocycles. The monoisotopic (exact) mass is 561 g/mol. The van der Waals surface area contributed by atoms with E-state index in [-0.39, 0.29) is 31.0 Å². The SMILES string of the molecule is CN1C(=O)C[C@@H](O)[C@H]1COc1nc2c(c(N3CCN[C@@H](CC#N)C3)n1)CCN(c1cccc3cccc(Cl)c13)C2. The third kappa shape index (κ3) is 5.01. The molecule has 0 radical (unpaired) electrons. The Morgan fingerprint density at radius 2 is 2.02 bits per heavy atom. The smallest absolute Gasteiger partial charge is 0.318 e. The highest BCUT2D eigenvalue weighted by atomic mass is 35.5. The second-order valence-electron chi connectivity index (χ2n) is 10.7. The summed E-state index contributed by atoms with van der Waals surface area (Å²) in [5.41, 5.74) is 3.02. The van der Waals surface area contributed by atoms with Gasteiger partial charge in [-0.2, -0.15) is 15.2 Å². The van der Waals surface area contributed by atoms with E-state index in [4.69, 9.17) is 26.3 Å². The van der Waals surface area contributed by atoms with Crippen LogP contribution < -0.4 is 19.9 Å². The molecule has 208 valence electrons. The van der Waals surface area contributed by atoms with Crippen molar-refractivity contribution >= 4 is 39.8 Å². The van der Waals surface area contributed by atoms with Gasteiger partial charge in [-0.1, -0.05) is 35.9 Å². The largest absolute Gasteiger partial charge is 0.461 e. The molecule has 0 aliphatic carbocycles. The van der Waals surface area contributed by atoms with Crippen LogP contribution in [0.1, 0.15) is 24.1 Å². The first-order valence-corrected chi connectivity index (χ1v) is 14.0. The number of halogens is 1. The zero-order valence-electron chi connectivity index (χ0n) is 22.4. The number of fused-ring (bicyclic) bond motifs is 2. The van der Waals surface area contributed by atoms with Gasteiger partial charge < -0.3 is 29.9 Å². The molecular formula is C29H32ClN7O3. The number of carbonyl (C=O) groups excluding carboxylic acids is 1. The summed E-state index contributed by atoms with van der Waals surface area (Å²) < 4.78 is 6.07. The van der Waals surface area contributed by atoms with Crippen LogP contribution in [0, 0.1) is 11.3 Å². The fourth-order valence-electron chi connectivity index (χ4n) is 6.01. The molecule has 2 N–H and O–H groups in total. The molecule has 0 saturated carbocycles. The Hall–Kier alpha value is -3.65. The van der Waals surface area contributed by atoms with E-state index in [1.54, 1.807) is 7.05 Å². The number of piperazine rings is 1. The summed E-state index contributed by atoms with van der Waals surface area (Å²) in [6.07, 6.45) is 0.464. The summed E-state index contributed by atoms with van der Waals surface area (Å²) in [4.78, 5) is 27.8. The van der Waals surface area contributed by atoms with E-state index in [9.17, 15) is 15.2 Å². The number of anilines is 2. The van der Waals surface area contributed by atoms with Gasteiger partial charge in [-0.15, -0.1) is 0 Å². The van der Waals surface area contributed by atoms with E-state index in [2.05, 4.69) is 39.4 Å². The highest BCUT2D eigenvalue weighted by Gasteiger charge is 2.37. The van der Waals surface area contributed by atoms with Crippen molar-refractivity contribution in [1.29, 1.82) is 5.26 Å². The Kier molecular flexibility index (Phi) is 7.36. The lowest BCUT2D eigenvalue weighted by Crippen LogP contribution is -2.51. The maximum Gasteiger partial charge on any atom is 0.318 e. The van der Waals surface area contributed by atoms with Gasteiger partial charge >= 0.3 is 6.01 Å². The molecule has 10 nitrogen and oxygen atoms in total. The molecule has 1 aromatic heterocycles. The molecule has 3 aliphatic heterocycles. The van der Waals surface area contributed by atoms with Crippen molar-refractivity contribution in [1.82, 2.24) is 20.2 Å². The topological polar surface area (TPSA) is 118 Å². The van der Waals surface area contributed by atoms with Crippen molar-refractivity contribution in [2.75, 3.05) is 49.6 Å². The predicted molar refractivity (Wildman–Crippen MR) is 153 cm³/mol. The first-order chi connectivity index (χ1) is 19.4. The van der Waals surface area contributed by atoms with Crippen LogP contribution in [0.15, 0.2) is 36.4 Å². The number of aliphatic hydroxyl groups excluding tert-OH is 1. The van der Waals surface area contributed by atoms with Crippen molar-refractivity contribution in [2.24, 2.45) is 0 Å². The van der Waals surface area contributed by atoms with Crippen molar-refractivity contribution in [3.05, 3.63) is 52.7 Å². The third-order valence-corrected chi connectivity index (χ3v) is 8.50. The molecule has 11 heteroatoms. The first kappa shape index (κ1) is 26.6. The van der Waals surface area contributed by atoms with Gasteiger partial charge in [0.2, 0.25) is 5.91 Å². The number of benzene rings is 2. The normalized spacial score (nSPS) is 22.9. The summed E-state index contributed by atoms with van der Waals surface area (Å²) in [6, 6.07) is 14.2. The molecule has 1 amide bonds. The minimum absolute atomic E-state index is 0.0555. The molecule has 3 aliphatic rings. The average molecular weight is 562 g/mol. The fraction of sp³-hybridized carbons (Fsp3) is 0.448. The van der Waals surface area contributed by atoms with Crippen molar-refractivity contribution in [2.45, 2.75) is 44.0 Å². The number of carbonyl (C=O) groups is 1. The standard InChI is InChI=1S/C29H32ClN7O3/c1-35-24(25(38)14-26(35)39)17-40-29-33-22-16-36(23-7-3-5-18-4-2-6-21(30)27(18)23)12-9-20(22)28(34-29)37-13-11-32-19(15-37)8-10-31/h2-7,19,24-25,32,38H,8-9,11-17H2,1H3/t19-,24+,25+/m0/s1. The van der Waals surface area contributed by atoms with Crippen LogP contribution in [0.3, 0.4) is 0 Å². The zero-order chi connectivity index (χ0) is 27.8. The van der Waals surface area contributed by atoms with E-state index in [1.165, 1.54) is 4.90 Å². The van der Waals surface area contributed by atoms with Gasteiger partial charge in [0.05, 0.1) is 48.3 Å². The third-order valence-electron chi connectivity index (χ3n) is 8.19. The van der Waals surface area contributed by atoms with E-state index >= 15 is 0 Å². The number of hydrogen-bond acceptors (Lipinski definition) is 9. The maximum absolute atomic E-state index is 12.1. The van der Waals surface area contributed by atoms with Crippen LogP contribution in [0.4, 0.5) is 11.5 Å². The number of nitriles is 1. The van der Waals surface area contributed by atoms with Gasteiger partial charge in [0.1, 0.15) is 12.4 Å². The maximum atomic E-state index is 12.1. The number of rotatable bonds is 6. The van der Waals surface area contributed by atoms with Crippen LogP contribution in [0.2, 0.25) is 5.02 Å². The summed E-state index contributed by atoms with van der Waals surface area (Å²) in [7, 11) is 1.68. The number of hydrogen-bond donors (Lipinski definition) is 2. The number of aliphatic hydroxyl groups is 1. The van der Waals surface area contributed by atoms with Crippen LogP contribution in [-0.4, -0.2) is 83.9 Å². The Morgan fingerprint density at radius 1 is 1.20 bits per heavy atom. The number of nitrogens with zero attached hydrogens (tertiary/aromatic N) is 6. The highest BCUT2D eigenvalue weighted by molar-refractivity contribution is 6.36. The minimum atomic E-state index is -0.791. The predicted octanol–water partition coefficient (Wildman–Crippen LogP) is 2.51. The van der Waals surface area contributed by atoms with Crippen molar-refractivity contribution in [3.63, 3.8) is 0 Å². The number of nitrogens with one attached hydrogen (secondary N) is 1. The lowest BCUT2D eigenvalue weighted by molar-refractivity contribution is -0.127. The van der Waals surface area contributed by atoms with Gasteiger partial charge in [0.25, 0.3) is 0 Å². The van der Waals surface area contributed by atoms with Gasteiger partial charge in [-0.05, 0) is 23.9 Å². The number of likely N-dealkylation sites (N-methyl/N-ethyl adjacent to an activating group) is 1.